The molecule has 0 spiro atoms. The number of hydrogen-bond donors (Lipinski definition) is 0. The molecule has 0 bridgehead atoms. The van der Waals surface area contributed by atoms with E-state index in [9.17, 15) is 0 Å². The summed E-state index contributed by atoms with van der Waals surface area (Å²) in [6.07, 6.45) is 7.51. The largest absolute Gasteiger partial charge is 0.399 e. The number of unbranched alkanes of at least 4 members (excludes halogenated alkanes) is 1. The molecule has 2 heteroatoms. The third-order valence-corrected chi connectivity index (χ3v) is 2.27. The van der Waals surface area contributed by atoms with Crippen molar-refractivity contribution in [2.24, 2.45) is 5.16 Å². The second-order valence-electron chi connectivity index (χ2n) is 3.70. The molecule has 0 saturated heterocycles. The van der Waals surface area contributed by atoms with Gasteiger partial charge in [0.15, 0.2) is 0 Å². The molecule has 1 aromatic rings. The zero-order chi connectivity index (χ0) is 11.6. The Hall–Kier alpha value is -1.57. The van der Waals surface area contributed by atoms with E-state index in [-0.39, 0.29) is 0 Å². The van der Waals surface area contributed by atoms with Crippen LogP contribution in [0.2, 0.25) is 0 Å². The van der Waals surface area contributed by atoms with Gasteiger partial charge in [-0.05, 0) is 37.8 Å². The Bertz CT molecular complexity index is 341. The fourth-order valence-electron chi connectivity index (χ4n) is 1.50. The second kappa shape index (κ2) is 7.69. The van der Waals surface area contributed by atoms with E-state index in [1.165, 1.54) is 12.0 Å². The van der Waals surface area contributed by atoms with Crippen LogP contribution in [-0.2, 0) is 11.3 Å². The van der Waals surface area contributed by atoms with E-state index in [4.69, 9.17) is 0 Å². The van der Waals surface area contributed by atoms with Crippen LogP contribution in [0.4, 0.5) is 0 Å². The zero-order valence-corrected chi connectivity index (χ0v) is 10.0. The van der Waals surface area contributed by atoms with E-state index in [0.717, 1.165) is 18.6 Å². The summed E-state index contributed by atoms with van der Waals surface area (Å²) in [5.74, 6) is 0. The molecule has 0 aliphatic carbocycles. The summed E-state index contributed by atoms with van der Waals surface area (Å²) in [4.78, 5) is 4.67. The molecule has 0 aromatic heterocycles. The monoisotopic (exact) mass is 217 g/mol. The molecule has 0 aliphatic heterocycles. The Balaban J connectivity index is 2.20. The van der Waals surface area contributed by atoms with Gasteiger partial charge in [0.25, 0.3) is 0 Å². The van der Waals surface area contributed by atoms with Crippen molar-refractivity contribution in [1.82, 2.24) is 0 Å². The van der Waals surface area contributed by atoms with Gasteiger partial charge in [0.05, 0.1) is 5.71 Å². The highest BCUT2D eigenvalue weighted by Gasteiger charge is 1.90. The molecule has 1 rings (SSSR count). The Labute approximate surface area is 97.6 Å². The first-order valence-corrected chi connectivity index (χ1v) is 5.61. The maximum atomic E-state index is 4.67. The van der Waals surface area contributed by atoms with Crippen molar-refractivity contribution in [3.8, 4) is 0 Å². The van der Waals surface area contributed by atoms with Crippen LogP contribution in [0, 0.1) is 0 Å². The topological polar surface area (TPSA) is 21.6 Å². The summed E-state index contributed by atoms with van der Waals surface area (Å²) >= 11 is 0. The smallest absolute Gasteiger partial charge is 0.106 e. The van der Waals surface area contributed by atoms with E-state index in [1.807, 2.05) is 19.1 Å². The van der Waals surface area contributed by atoms with Crippen molar-refractivity contribution < 1.29 is 4.84 Å². The second-order valence-corrected chi connectivity index (χ2v) is 3.70. The Morgan fingerprint density at radius 3 is 2.75 bits per heavy atom. The van der Waals surface area contributed by atoms with Crippen molar-refractivity contribution in [2.75, 3.05) is 7.11 Å². The number of benzene rings is 1. The molecule has 0 amide bonds. The van der Waals surface area contributed by atoms with Gasteiger partial charge in [-0.1, -0.05) is 41.6 Å². The molecule has 2 nitrogen and oxygen atoms in total. The Kier molecular flexibility index (Phi) is 6.00. The molecule has 1 aromatic carbocycles. The molecular formula is C14H19NO. The van der Waals surface area contributed by atoms with Crippen LogP contribution < -0.4 is 0 Å². The fourth-order valence-corrected chi connectivity index (χ4v) is 1.50. The lowest BCUT2D eigenvalue weighted by molar-refractivity contribution is 0.213. The molecule has 0 aliphatic rings. The minimum atomic E-state index is 0.905. The van der Waals surface area contributed by atoms with Crippen molar-refractivity contribution in [3.63, 3.8) is 0 Å². The first-order valence-electron chi connectivity index (χ1n) is 5.61. The predicted octanol–water partition coefficient (Wildman–Crippen LogP) is 3.59. The van der Waals surface area contributed by atoms with Crippen LogP contribution >= 0.6 is 0 Å². The maximum Gasteiger partial charge on any atom is 0.106 e. The molecule has 0 unspecified atom stereocenters. The number of aryl methyl sites for hydroxylation is 1. The van der Waals surface area contributed by atoms with Crippen LogP contribution in [0.3, 0.4) is 0 Å². The highest BCUT2D eigenvalue weighted by atomic mass is 16.6. The molecule has 16 heavy (non-hydrogen) atoms. The summed E-state index contributed by atoms with van der Waals surface area (Å²) in [5, 5.41) is 3.81. The lowest BCUT2D eigenvalue weighted by Gasteiger charge is -1.98. The normalized spacial score (nSPS) is 12.0. The van der Waals surface area contributed by atoms with E-state index >= 15 is 0 Å². The Morgan fingerprint density at radius 1 is 1.31 bits per heavy atom. The highest BCUT2D eigenvalue weighted by Crippen LogP contribution is 2.04. The third-order valence-electron chi connectivity index (χ3n) is 2.27. The first-order chi connectivity index (χ1) is 7.83. The van der Waals surface area contributed by atoms with Gasteiger partial charge in [-0.25, -0.2) is 0 Å². The minimum absolute atomic E-state index is 0.905. The first kappa shape index (κ1) is 12.5. The van der Waals surface area contributed by atoms with Crippen LogP contribution in [0.15, 0.2) is 47.6 Å². The van der Waals surface area contributed by atoms with Crippen molar-refractivity contribution >= 4 is 5.71 Å². The number of hydrogen-bond acceptors (Lipinski definition) is 2. The maximum absolute atomic E-state index is 4.67. The lowest BCUT2D eigenvalue weighted by atomic mass is 10.1. The van der Waals surface area contributed by atoms with Gasteiger partial charge in [-0.2, -0.15) is 0 Å². The predicted molar refractivity (Wildman–Crippen MR) is 68.6 cm³/mol. The summed E-state index contributed by atoms with van der Waals surface area (Å²) < 4.78 is 0. The quantitative estimate of drug-likeness (QED) is 0.405. The molecule has 0 radical (unpaired) electrons. The van der Waals surface area contributed by atoms with Gasteiger partial charge in [-0.3, -0.25) is 0 Å². The van der Waals surface area contributed by atoms with Crippen LogP contribution in [0.25, 0.3) is 0 Å². The number of allylic oxidation sites excluding steroid dienone is 2. The highest BCUT2D eigenvalue weighted by molar-refractivity contribution is 5.92. The summed E-state index contributed by atoms with van der Waals surface area (Å²) in [7, 11) is 1.56. The van der Waals surface area contributed by atoms with Gasteiger partial charge in [0, 0.05) is 0 Å². The van der Waals surface area contributed by atoms with E-state index in [2.05, 4.69) is 40.3 Å². The van der Waals surface area contributed by atoms with E-state index in [0.29, 0.717) is 0 Å². The molecule has 86 valence electrons. The molecule has 0 heterocycles. The third kappa shape index (κ3) is 5.35. The van der Waals surface area contributed by atoms with Crippen molar-refractivity contribution in [3.05, 3.63) is 48.0 Å². The standard InChI is InChI=1S/C14H19NO/c1-13(15-16-2)9-5-3-6-10-14-11-7-4-8-12-14/h4-5,7-9,11-12H,3,6,10H2,1-2H3/b9-5+,15-13-. The van der Waals surface area contributed by atoms with E-state index < -0.39 is 0 Å². The molecular weight excluding hydrogens is 198 g/mol. The summed E-state index contributed by atoms with van der Waals surface area (Å²) in [5.41, 5.74) is 2.31. The van der Waals surface area contributed by atoms with Crippen molar-refractivity contribution in [1.29, 1.82) is 0 Å². The van der Waals surface area contributed by atoms with Crippen LogP contribution in [0.5, 0.6) is 0 Å². The van der Waals surface area contributed by atoms with E-state index in [1.54, 1.807) is 7.11 Å². The molecule has 0 fully saturated rings. The van der Waals surface area contributed by atoms with Gasteiger partial charge in [0.1, 0.15) is 7.11 Å². The van der Waals surface area contributed by atoms with Gasteiger partial charge in [-0.15, -0.1) is 0 Å². The summed E-state index contributed by atoms with van der Waals surface area (Å²) in [6.45, 7) is 1.93. The average molecular weight is 217 g/mol. The number of rotatable bonds is 6. The summed E-state index contributed by atoms with van der Waals surface area (Å²) in [6, 6.07) is 10.6. The minimum Gasteiger partial charge on any atom is -0.399 e. The van der Waals surface area contributed by atoms with Gasteiger partial charge in [0.2, 0.25) is 0 Å². The van der Waals surface area contributed by atoms with Gasteiger partial charge < -0.3 is 4.84 Å². The van der Waals surface area contributed by atoms with Crippen molar-refractivity contribution in [2.45, 2.75) is 26.2 Å². The molecule has 0 N–H and O–H groups in total. The lowest BCUT2D eigenvalue weighted by Crippen LogP contribution is -1.86. The SMILES string of the molecule is CO/N=C(C)\C=C\CCCc1ccccc1. The molecule has 0 saturated carbocycles. The average Bonchev–Trinajstić information content (AvgIpc) is 2.30. The van der Waals surface area contributed by atoms with Crippen LogP contribution in [0.1, 0.15) is 25.3 Å². The van der Waals surface area contributed by atoms with Gasteiger partial charge >= 0.3 is 0 Å². The number of nitrogens with zero attached hydrogens (tertiary/aromatic N) is 1. The van der Waals surface area contributed by atoms with Crippen LogP contribution in [-0.4, -0.2) is 12.8 Å². The molecule has 0 atom stereocenters. The number of oxime groups is 1. The Morgan fingerprint density at radius 2 is 2.06 bits per heavy atom. The zero-order valence-electron chi connectivity index (χ0n) is 10.0. The fraction of sp³-hybridized carbons (Fsp3) is 0.357.